The Morgan fingerprint density at radius 2 is 2.00 bits per heavy atom. The fraction of sp³-hybridized carbons (Fsp3) is 0.467. The molecule has 1 aromatic rings. The van der Waals surface area contributed by atoms with Gasteiger partial charge in [-0.3, -0.25) is 4.79 Å². The van der Waals surface area contributed by atoms with Crippen LogP contribution in [0.3, 0.4) is 0 Å². The quantitative estimate of drug-likeness (QED) is 0.829. The lowest BCUT2D eigenvalue weighted by molar-refractivity contribution is -0.132. The van der Waals surface area contributed by atoms with Crippen LogP contribution in [0.2, 0.25) is 0 Å². The molecule has 0 radical (unpaired) electrons. The van der Waals surface area contributed by atoms with Crippen molar-refractivity contribution in [3.8, 4) is 6.07 Å². The Balaban J connectivity index is 1.93. The van der Waals surface area contributed by atoms with E-state index in [4.69, 9.17) is 10.00 Å². The molecule has 0 atom stereocenters. The number of nitrogens with zero attached hydrogens (tertiary/aromatic N) is 2. The Morgan fingerprint density at radius 1 is 1.37 bits per heavy atom. The molecular weight excluding hydrogens is 240 g/mol. The monoisotopic (exact) mass is 258 g/mol. The van der Waals surface area contributed by atoms with Gasteiger partial charge in [0, 0.05) is 26.3 Å². The molecule has 2 rings (SSSR count). The molecule has 0 N–H and O–H groups in total. The summed E-state index contributed by atoms with van der Waals surface area (Å²) in [5.41, 5.74) is 1.57. The van der Waals surface area contributed by atoms with E-state index in [-0.39, 0.29) is 5.91 Å². The molecule has 0 bridgehead atoms. The fourth-order valence-electron chi connectivity index (χ4n) is 2.27. The van der Waals surface area contributed by atoms with Gasteiger partial charge in [-0.2, -0.15) is 5.26 Å². The van der Waals surface area contributed by atoms with E-state index in [1.165, 1.54) is 0 Å². The largest absolute Gasteiger partial charge is 0.381 e. The summed E-state index contributed by atoms with van der Waals surface area (Å²) >= 11 is 0. The molecule has 1 heterocycles. The van der Waals surface area contributed by atoms with Gasteiger partial charge in [0.05, 0.1) is 18.1 Å². The van der Waals surface area contributed by atoms with E-state index in [0.29, 0.717) is 18.0 Å². The van der Waals surface area contributed by atoms with Gasteiger partial charge < -0.3 is 9.64 Å². The van der Waals surface area contributed by atoms with Gasteiger partial charge in [-0.05, 0) is 30.5 Å². The SMILES string of the molecule is CN(C(=O)Cc1ccc(C#N)cc1)C1CCOCC1. The summed E-state index contributed by atoms with van der Waals surface area (Å²) in [4.78, 5) is 14.0. The molecule has 100 valence electrons. The molecule has 0 saturated carbocycles. The highest BCUT2D eigenvalue weighted by Gasteiger charge is 2.22. The normalized spacial score (nSPS) is 15.8. The molecule has 4 nitrogen and oxygen atoms in total. The van der Waals surface area contributed by atoms with Gasteiger partial charge in [0.15, 0.2) is 0 Å². The van der Waals surface area contributed by atoms with Crippen molar-refractivity contribution in [2.24, 2.45) is 0 Å². The maximum atomic E-state index is 12.2. The predicted octanol–water partition coefficient (Wildman–Crippen LogP) is 1.74. The van der Waals surface area contributed by atoms with Crippen molar-refractivity contribution in [3.05, 3.63) is 35.4 Å². The zero-order valence-electron chi connectivity index (χ0n) is 11.1. The van der Waals surface area contributed by atoms with Crippen LogP contribution in [-0.2, 0) is 16.0 Å². The topological polar surface area (TPSA) is 53.3 Å². The molecule has 4 heteroatoms. The van der Waals surface area contributed by atoms with Gasteiger partial charge in [-0.1, -0.05) is 12.1 Å². The number of carbonyl (C=O) groups excluding carboxylic acids is 1. The van der Waals surface area contributed by atoms with E-state index in [9.17, 15) is 4.79 Å². The van der Waals surface area contributed by atoms with Crippen LogP contribution in [0, 0.1) is 11.3 Å². The maximum Gasteiger partial charge on any atom is 0.226 e. The van der Waals surface area contributed by atoms with Crippen molar-refractivity contribution >= 4 is 5.91 Å². The molecule has 1 aliphatic rings. The highest BCUT2D eigenvalue weighted by Crippen LogP contribution is 2.14. The van der Waals surface area contributed by atoms with Crippen molar-refractivity contribution in [3.63, 3.8) is 0 Å². The van der Waals surface area contributed by atoms with Gasteiger partial charge in [-0.25, -0.2) is 0 Å². The lowest BCUT2D eigenvalue weighted by Crippen LogP contribution is -2.41. The molecule has 1 aromatic carbocycles. The highest BCUT2D eigenvalue weighted by atomic mass is 16.5. The number of hydrogen-bond acceptors (Lipinski definition) is 3. The second-order valence-corrected chi connectivity index (χ2v) is 4.83. The summed E-state index contributed by atoms with van der Waals surface area (Å²) in [6.45, 7) is 1.47. The third-order valence-electron chi connectivity index (χ3n) is 3.57. The molecule has 1 saturated heterocycles. The van der Waals surface area contributed by atoms with E-state index in [0.717, 1.165) is 31.6 Å². The first-order valence-corrected chi connectivity index (χ1v) is 6.53. The number of nitriles is 1. The average molecular weight is 258 g/mol. The van der Waals surface area contributed by atoms with Gasteiger partial charge in [0.1, 0.15) is 0 Å². The predicted molar refractivity (Wildman–Crippen MR) is 71.5 cm³/mol. The minimum Gasteiger partial charge on any atom is -0.381 e. The Hall–Kier alpha value is -1.86. The van der Waals surface area contributed by atoms with Crippen LogP contribution in [0.25, 0.3) is 0 Å². The van der Waals surface area contributed by atoms with Crippen molar-refractivity contribution in [2.75, 3.05) is 20.3 Å². The number of carbonyl (C=O) groups is 1. The standard InChI is InChI=1S/C15H18N2O2/c1-17(14-6-8-19-9-7-14)15(18)10-12-2-4-13(11-16)5-3-12/h2-5,14H,6-10H2,1H3. The minimum atomic E-state index is 0.122. The fourth-order valence-corrected chi connectivity index (χ4v) is 2.27. The number of amides is 1. The first kappa shape index (κ1) is 13.6. The zero-order chi connectivity index (χ0) is 13.7. The molecule has 19 heavy (non-hydrogen) atoms. The van der Waals surface area contributed by atoms with Crippen molar-refractivity contribution < 1.29 is 9.53 Å². The summed E-state index contributed by atoms with van der Waals surface area (Å²) in [7, 11) is 1.86. The third-order valence-corrected chi connectivity index (χ3v) is 3.57. The second-order valence-electron chi connectivity index (χ2n) is 4.83. The summed E-state index contributed by atoms with van der Waals surface area (Å²) in [6, 6.07) is 9.54. The Bertz CT molecular complexity index is 470. The van der Waals surface area contributed by atoms with E-state index in [1.807, 2.05) is 24.1 Å². The van der Waals surface area contributed by atoms with Gasteiger partial charge in [-0.15, -0.1) is 0 Å². The van der Waals surface area contributed by atoms with Crippen molar-refractivity contribution in [1.82, 2.24) is 4.90 Å². The highest BCUT2D eigenvalue weighted by molar-refractivity contribution is 5.78. The molecule has 1 aliphatic heterocycles. The summed E-state index contributed by atoms with van der Waals surface area (Å²) in [5, 5.41) is 8.73. The first-order valence-electron chi connectivity index (χ1n) is 6.53. The van der Waals surface area contributed by atoms with Crippen LogP contribution < -0.4 is 0 Å². The Kier molecular flexibility index (Phi) is 4.53. The molecule has 1 fully saturated rings. The van der Waals surface area contributed by atoms with E-state index in [1.54, 1.807) is 12.1 Å². The summed E-state index contributed by atoms with van der Waals surface area (Å²) in [6.07, 6.45) is 2.21. The lowest BCUT2D eigenvalue weighted by Gasteiger charge is -2.31. The number of ether oxygens (including phenoxy) is 1. The second kappa shape index (κ2) is 6.35. The van der Waals surface area contributed by atoms with Crippen LogP contribution >= 0.6 is 0 Å². The maximum absolute atomic E-state index is 12.2. The van der Waals surface area contributed by atoms with E-state index < -0.39 is 0 Å². The summed E-state index contributed by atoms with van der Waals surface area (Å²) in [5.74, 6) is 0.122. The van der Waals surface area contributed by atoms with Crippen LogP contribution in [0.4, 0.5) is 0 Å². The number of benzene rings is 1. The molecule has 0 aromatic heterocycles. The number of likely N-dealkylation sites (N-methyl/N-ethyl adjacent to an activating group) is 1. The molecule has 0 spiro atoms. The number of rotatable bonds is 3. The average Bonchev–Trinajstić information content (AvgIpc) is 2.48. The molecule has 1 amide bonds. The van der Waals surface area contributed by atoms with Crippen LogP contribution in [-0.4, -0.2) is 37.1 Å². The molecular formula is C15H18N2O2. The Labute approximate surface area is 113 Å². The third kappa shape index (κ3) is 3.55. The van der Waals surface area contributed by atoms with Gasteiger partial charge in [0.25, 0.3) is 0 Å². The minimum absolute atomic E-state index is 0.122. The lowest BCUT2D eigenvalue weighted by atomic mass is 10.1. The molecule has 0 unspecified atom stereocenters. The van der Waals surface area contributed by atoms with Crippen LogP contribution in [0.15, 0.2) is 24.3 Å². The Morgan fingerprint density at radius 3 is 2.58 bits per heavy atom. The first-order chi connectivity index (χ1) is 9.20. The molecule has 0 aliphatic carbocycles. The van der Waals surface area contributed by atoms with Crippen molar-refractivity contribution in [2.45, 2.75) is 25.3 Å². The summed E-state index contributed by atoms with van der Waals surface area (Å²) < 4.78 is 5.30. The van der Waals surface area contributed by atoms with E-state index in [2.05, 4.69) is 6.07 Å². The van der Waals surface area contributed by atoms with E-state index >= 15 is 0 Å². The zero-order valence-corrected chi connectivity index (χ0v) is 11.1. The van der Waals surface area contributed by atoms with Crippen molar-refractivity contribution in [1.29, 1.82) is 5.26 Å². The van der Waals surface area contributed by atoms with Gasteiger partial charge in [0.2, 0.25) is 5.91 Å². The van der Waals surface area contributed by atoms with Crippen LogP contribution in [0.5, 0.6) is 0 Å². The smallest absolute Gasteiger partial charge is 0.226 e. The van der Waals surface area contributed by atoms with Crippen LogP contribution in [0.1, 0.15) is 24.0 Å². The van der Waals surface area contributed by atoms with Gasteiger partial charge >= 0.3 is 0 Å². The number of hydrogen-bond donors (Lipinski definition) is 0.